The Hall–Kier alpha value is -3.29. The maximum atomic E-state index is 12.7. The van der Waals surface area contributed by atoms with Gasteiger partial charge in [0.25, 0.3) is 0 Å². The Labute approximate surface area is 275 Å². The van der Waals surface area contributed by atoms with Crippen LogP contribution in [0.2, 0.25) is 0 Å². The van der Waals surface area contributed by atoms with E-state index in [0.717, 1.165) is 11.1 Å². The van der Waals surface area contributed by atoms with E-state index in [4.69, 9.17) is 33.2 Å². The van der Waals surface area contributed by atoms with E-state index < -0.39 is 80.5 Å². The quantitative estimate of drug-likeness (QED) is 0.113. The van der Waals surface area contributed by atoms with E-state index in [0.29, 0.717) is 18.6 Å². The molecule has 3 saturated heterocycles. The first-order valence-corrected chi connectivity index (χ1v) is 15.4. The predicted molar refractivity (Wildman–Crippen MR) is 160 cm³/mol. The fourth-order valence-electron chi connectivity index (χ4n) is 6.07. The smallest absolute Gasteiger partial charge is 0.309 e. The number of aromatic hydroxyl groups is 1. The number of hydrogen-bond donors (Lipinski definition) is 8. The van der Waals surface area contributed by atoms with Crippen molar-refractivity contribution < 1.29 is 78.8 Å². The van der Waals surface area contributed by atoms with Gasteiger partial charge in [-0.25, -0.2) is 0 Å². The van der Waals surface area contributed by atoms with Gasteiger partial charge in [0.15, 0.2) is 29.3 Å². The van der Waals surface area contributed by atoms with Crippen molar-refractivity contribution in [2.45, 2.75) is 74.3 Å². The Morgan fingerprint density at radius 1 is 0.729 bits per heavy atom. The average Bonchev–Trinajstić information content (AvgIpc) is 3.42. The minimum atomic E-state index is -1.74. The molecule has 12 atom stereocenters. The lowest BCUT2D eigenvalue weighted by atomic mass is 9.85. The SMILES string of the molecule is COc1cc(C[C@@H]2COC(=O)[C@H]2Cc2ccc(O[C@H]3O[C@@H](CO[C@H]4O[C@@H](CO)[C@H](O)[C@@H](O)[C@@H]4O)[C@H](O)[C@@H](O)[C@@H]3O)c(OC)c2)ccc1O. The van der Waals surface area contributed by atoms with E-state index in [-0.39, 0.29) is 35.7 Å². The van der Waals surface area contributed by atoms with Gasteiger partial charge in [0, 0.05) is 5.92 Å². The van der Waals surface area contributed by atoms with Gasteiger partial charge in [-0.05, 0) is 48.2 Å². The lowest BCUT2D eigenvalue weighted by Gasteiger charge is -2.42. The topological polar surface area (TPSA) is 244 Å². The number of benzene rings is 2. The van der Waals surface area contributed by atoms with Crippen molar-refractivity contribution in [1.82, 2.24) is 0 Å². The number of cyclic esters (lactones) is 1. The predicted octanol–water partition coefficient (Wildman–Crippen LogP) is -2.01. The highest BCUT2D eigenvalue weighted by Crippen LogP contribution is 2.36. The van der Waals surface area contributed by atoms with Crippen LogP contribution in [0.4, 0.5) is 0 Å². The number of rotatable bonds is 12. The summed E-state index contributed by atoms with van der Waals surface area (Å²) in [6, 6.07) is 9.91. The molecule has 3 aliphatic heterocycles. The van der Waals surface area contributed by atoms with Crippen LogP contribution < -0.4 is 14.2 Å². The van der Waals surface area contributed by atoms with Crippen LogP contribution >= 0.6 is 0 Å². The third-order valence-electron chi connectivity index (χ3n) is 8.92. The molecule has 3 aliphatic rings. The van der Waals surface area contributed by atoms with Crippen LogP contribution in [0.15, 0.2) is 36.4 Å². The van der Waals surface area contributed by atoms with Gasteiger partial charge in [-0.15, -0.1) is 0 Å². The molecule has 0 spiro atoms. The van der Waals surface area contributed by atoms with Gasteiger partial charge < -0.3 is 74.0 Å². The van der Waals surface area contributed by atoms with E-state index in [1.165, 1.54) is 20.3 Å². The highest BCUT2D eigenvalue weighted by molar-refractivity contribution is 5.75. The fourth-order valence-corrected chi connectivity index (χ4v) is 6.07. The van der Waals surface area contributed by atoms with E-state index in [2.05, 4.69) is 0 Å². The molecule has 8 N–H and O–H groups in total. The third-order valence-corrected chi connectivity index (χ3v) is 8.92. The molecule has 0 radical (unpaired) electrons. The van der Waals surface area contributed by atoms with E-state index in [9.17, 15) is 45.6 Å². The summed E-state index contributed by atoms with van der Waals surface area (Å²) in [6.07, 6.45) is -14.8. The number of aliphatic hydroxyl groups is 7. The molecule has 5 rings (SSSR count). The van der Waals surface area contributed by atoms with Crippen molar-refractivity contribution in [2.24, 2.45) is 11.8 Å². The lowest BCUT2D eigenvalue weighted by molar-refractivity contribution is -0.323. The lowest BCUT2D eigenvalue weighted by Crippen LogP contribution is -2.62. The van der Waals surface area contributed by atoms with Crippen LogP contribution in [0.5, 0.6) is 23.0 Å². The van der Waals surface area contributed by atoms with Crippen molar-refractivity contribution in [3.05, 3.63) is 47.5 Å². The van der Waals surface area contributed by atoms with Gasteiger partial charge in [0.1, 0.15) is 48.8 Å². The first kappa shape index (κ1) is 36.0. The second-order valence-corrected chi connectivity index (χ2v) is 12.1. The first-order chi connectivity index (χ1) is 22.9. The number of esters is 1. The zero-order valence-corrected chi connectivity index (χ0v) is 26.3. The van der Waals surface area contributed by atoms with Crippen LogP contribution in [0.25, 0.3) is 0 Å². The number of methoxy groups -OCH3 is 2. The molecule has 0 aliphatic carbocycles. The van der Waals surface area contributed by atoms with Gasteiger partial charge >= 0.3 is 5.97 Å². The van der Waals surface area contributed by atoms with Gasteiger partial charge in [-0.1, -0.05) is 12.1 Å². The minimum Gasteiger partial charge on any atom is -0.504 e. The molecule has 2 aromatic carbocycles. The highest BCUT2D eigenvalue weighted by Gasteiger charge is 2.48. The number of phenolic OH excluding ortho intramolecular Hbond substituents is 1. The molecule has 16 nitrogen and oxygen atoms in total. The molecule has 0 bridgehead atoms. The van der Waals surface area contributed by atoms with Crippen molar-refractivity contribution >= 4 is 5.97 Å². The molecule has 3 fully saturated rings. The molecule has 0 aromatic heterocycles. The Bertz CT molecular complexity index is 1390. The molecule has 3 heterocycles. The molecule has 0 amide bonds. The van der Waals surface area contributed by atoms with Gasteiger partial charge in [-0.3, -0.25) is 4.79 Å². The van der Waals surface area contributed by atoms with Crippen LogP contribution in [0.3, 0.4) is 0 Å². The Kier molecular flexibility index (Phi) is 11.6. The Morgan fingerprint density at radius 3 is 2.02 bits per heavy atom. The van der Waals surface area contributed by atoms with E-state index in [1.54, 1.807) is 30.3 Å². The number of aliphatic hydroxyl groups excluding tert-OH is 7. The van der Waals surface area contributed by atoms with E-state index in [1.807, 2.05) is 0 Å². The number of phenols is 1. The summed E-state index contributed by atoms with van der Waals surface area (Å²) in [5, 5.41) is 81.3. The number of ether oxygens (including phenoxy) is 7. The van der Waals surface area contributed by atoms with Crippen molar-refractivity contribution in [1.29, 1.82) is 0 Å². The van der Waals surface area contributed by atoms with Crippen molar-refractivity contribution in [3.8, 4) is 23.0 Å². The number of hydrogen-bond acceptors (Lipinski definition) is 16. The second kappa shape index (κ2) is 15.5. The normalized spacial score (nSPS) is 35.2. The monoisotopic (exact) mass is 682 g/mol. The third kappa shape index (κ3) is 7.63. The molecule has 2 aromatic rings. The average molecular weight is 683 g/mol. The van der Waals surface area contributed by atoms with Crippen molar-refractivity contribution in [2.75, 3.05) is 34.0 Å². The zero-order valence-electron chi connectivity index (χ0n) is 26.3. The molecular weight excluding hydrogens is 640 g/mol. The Balaban J connectivity index is 1.24. The van der Waals surface area contributed by atoms with Crippen LogP contribution in [0.1, 0.15) is 11.1 Å². The standard InChI is InChI=1S/C32H42O16/c1-42-20-9-14(3-5-18(20)34)7-16-12-44-30(41)17(16)8-15-4-6-19(21(10-15)43-2)46-32-29(40)27(38)25(36)23(48-32)13-45-31-28(39)26(37)24(35)22(11-33)47-31/h3-6,9-10,16-17,22-29,31-40H,7-8,11-13H2,1-2H3/t16-,17+,22+,23+,24+,25+,26-,27-,28+,29+,31+,32+/m1/s1. The second-order valence-electron chi connectivity index (χ2n) is 12.1. The zero-order chi connectivity index (χ0) is 34.7. The summed E-state index contributed by atoms with van der Waals surface area (Å²) in [6.45, 7) is -0.952. The number of carbonyl (C=O) groups is 1. The Morgan fingerprint density at radius 2 is 1.33 bits per heavy atom. The summed E-state index contributed by atoms with van der Waals surface area (Å²) in [7, 11) is 2.85. The van der Waals surface area contributed by atoms with Crippen LogP contribution in [-0.4, -0.2) is 142 Å². The summed E-state index contributed by atoms with van der Waals surface area (Å²) in [4.78, 5) is 12.7. The molecule has 48 heavy (non-hydrogen) atoms. The minimum absolute atomic E-state index is 0.0136. The van der Waals surface area contributed by atoms with E-state index >= 15 is 0 Å². The summed E-state index contributed by atoms with van der Waals surface area (Å²) in [5.74, 6) is -0.266. The molecule has 0 saturated carbocycles. The first-order valence-electron chi connectivity index (χ1n) is 15.4. The fraction of sp³-hybridized carbons (Fsp3) is 0.594. The summed E-state index contributed by atoms with van der Waals surface area (Å²) < 4.78 is 38.4. The largest absolute Gasteiger partial charge is 0.504 e. The maximum absolute atomic E-state index is 12.7. The van der Waals surface area contributed by atoms with Crippen molar-refractivity contribution in [3.63, 3.8) is 0 Å². The molecule has 16 heteroatoms. The summed E-state index contributed by atoms with van der Waals surface area (Å²) >= 11 is 0. The molecular formula is C32H42O16. The summed E-state index contributed by atoms with van der Waals surface area (Å²) in [5.41, 5.74) is 1.59. The highest BCUT2D eigenvalue weighted by atomic mass is 16.7. The van der Waals surface area contributed by atoms with Gasteiger partial charge in [0.2, 0.25) is 6.29 Å². The van der Waals surface area contributed by atoms with Crippen LogP contribution in [0, 0.1) is 11.8 Å². The van der Waals surface area contributed by atoms with Crippen LogP contribution in [-0.2, 0) is 36.6 Å². The molecule has 0 unspecified atom stereocenters. The molecule has 266 valence electrons. The van der Waals surface area contributed by atoms with Gasteiger partial charge in [-0.2, -0.15) is 0 Å². The number of carbonyl (C=O) groups excluding carboxylic acids is 1. The maximum Gasteiger partial charge on any atom is 0.309 e. The van der Waals surface area contributed by atoms with Gasteiger partial charge in [0.05, 0.1) is 40.0 Å².